The Hall–Kier alpha value is -1.62. The highest BCUT2D eigenvalue weighted by atomic mass is 32.2. The van der Waals surface area contributed by atoms with Gasteiger partial charge in [-0.3, -0.25) is 19.1 Å². The number of fused-ring (bicyclic) bond motifs is 1. The molecule has 5 unspecified atom stereocenters. The monoisotopic (exact) mass is 573 g/mol. The number of hydrogen-bond donors (Lipinski definition) is 3. The van der Waals surface area contributed by atoms with Gasteiger partial charge in [0, 0.05) is 56.3 Å². The molecule has 0 aromatic heterocycles. The molecule has 3 saturated heterocycles. The molecule has 6 aliphatic rings. The molecule has 3 heterocycles. The minimum atomic E-state index is -1.02. The van der Waals surface area contributed by atoms with Gasteiger partial charge in [-0.1, -0.05) is 33.3 Å². The normalized spacial score (nSPS) is 37.5. The molecule has 0 bridgehead atoms. The lowest BCUT2D eigenvalue weighted by Gasteiger charge is -2.40. The van der Waals surface area contributed by atoms with Gasteiger partial charge in [0.25, 0.3) is 5.91 Å². The molecule has 0 radical (unpaired) electrons. The first-order valence-corrected chi connectivity index (χ1v) is 16.1. The van der Waals surface area contributed by atoms with Gasteiger partial charge in [0.05, 0.1) is 6.04 Å². The third-order valence-corrected chi connectivity index (χ3v) is 13.3. The van der Waals surface area contributed by atoms with Crippen LogP contribution in [-0.2, 0) is 19.1 Å². The summed E-state index contributed by atoms with van der Waals surface area (Å²) in [4.78, 5) is 43.6. The van der Waals surface area contributed by atoms with Crippen LogP contribution >= 0.6 is 12.1 Å². The second kappa shape index (κ2) is 9.71. The van der Waals surface area contributed by atoms with Crippen LogP contribution in [-0.4, -0.2) is 77.4 Å². The average molecular weight is 574 g/mol. The number of carbonyl (C=O) groups is 3. The predicted molar refractivity (Wildman–Crippen MR) is 154 cm³/mol. The van der Waals surface area contributed by atoms with E-state index in [0.717, 1.165) is 51.6 Å². The van der Waals surface area contributed by atoms with Crippen LogP contribution in [0.15, 0.2) is 12.7 Å². The van der Waals surface area contributed by atoms with Crippen molar-refractivity contribution in [2.24, 2.45) is 33.3 Å². The first kappa shape index (κ1) is 28.5. The van der Waals surface area contributed by atoms with Gasteiger partial charge in [0.1, 0.15) is 11.6 Å². The van der Waals surface area contributed by atoms with Crippen molar-refractivity contribution >= 4 is 29.9 Å². The summed E-state index contributed by atoms with van der Waals surface area (Å²) < 4.78 is 10.7. The van der Waals surface area contributed by atoms with Gasteiger partial charge < -0.3 is 20.7 Å². The Balaban J connectivity index is 1.23. The molecule has 222 valence electrons. The summed E-state index contributed by atoms with van der Waals surface area (Å²) in [7, 11) is 0. The number of nitrogens with one attached hydrogen (secondary N) is 2. The van der Waals surface area contributed by atoms with E-state index < -0.39 is 17.6 Å². The zero-order chi connectivity index (χ0) is 28.6. The minimum absolute atomic E-state index is 0.0587. The zero-order valence-electron chi connectivity index (χ0n) is 24.4. The van der Waals surface area contributed by atoms with Crippen LogP contribution in [0.25, 0.3) is 0 Å². The predicted octanol–water partition coefficient (Wildman–Crippen LogP) is 2.76. The molecule has 5 atom stereocenters. The lowest BCUT2D eigenvalue weighted by atomic mass is 9.73. The molecule has 3 amide bonds. The van der Waals surface area contributed by atoms with E-state index in [1.807, 2.05) is 0 Å². The van der Waals surface area contributed by atoms with Gasteiger partial charge in [-0.05, 0) is 67.6 Å². The molecule has 0 aromatic carbocycles. The lowest BCUT2D eigenvalue weighted by Crippen LogP contribution is -2.59. The third kappa shape index (κ3) is 3.95. The Morgan fingerprint density at radius 3 is 2.25 bits per heavy atom. The highest BCUT2D eigenvalue weighted by Gasteiger charge is 2.85. The van der Waals surface area contributed by atoms with Gasteiger partial charge in [-0.15, -0.1) is 6.58 Å². The second-order valence-electron chi connectivity index (χ2n) is 14.2. The van der Waals surface area contributed by atoms with Crippen molar-refractivity contribution < 1.29 is 19.1 Å². The second-order valence-corrected chi connectivity index (χ2v) is 15.1. The SMILES string of the molecule is C=CC1CC1(NC(=O)C1CC2(CN1C(=O)C(N)C1(C)CCOCC1)C(C)(C)C21CCC1)C(=O)NSN1CCCC1. The maximum absolute atomic E-state index is 14.2. The Kier molecular flexibility index (Phi) is 6.92. The molecule has 9 nitrogen and oxygen atoms in total. The van der Waals surface area contributed by atoms with Crippen molar-refractivity contribution in [2.75, 3.05) is 32.8 Å². The fraction of sp³-hybridized carbons (Fsp3) is 0.833. The van der Waals surface area contributed by atoms with Gasteiger partial charge in [-0.2, -0.15) is 0 Å². The van der Waals surface area contributed by atoms with Crippen LogP contribution in [0.1, 0.15) is 78.6 Å². The van der Waals surface area contributed by atoms with E-state index in [2.05, 4.69) is 41.7 Å². The van der Waals surface area contributed by atoms with E-state index in [1.165, 1.54) is 18.6 Å². The molecule has 0 aromatic rings. The van der Waals surface area contributed by atoms with Crippen LogP contribution in [0, 0.1) is 27.6 Å². The van der Waals surface area contributed by atoms with Crippen LogP contribution < -0.4 is 15.8 Å². The summed E-state index contributed by atoms with van der Waals surface area (Å²) in [6.45, 7) is 14.3. The molecule has 40 heavy (non-hydrogen) atoms. The van der Waals surface area contributed by atoms with Gasteiger partial charge in [0.15, 0.2) is 0 Å². The number of likely N-dealkylation sites (tertiary alicyclic amines) is 1. The van der Waals surface area contributed by atoms with Crippen molar-refractivity contribution in [3.8, 4) is 0 Å². The zero-order valence-corrected chi connectivity index (χ0v) is 25.2. The van der Waals surface area contributed by atoms with E-state index in [9.17, 15) is 14.4 Å². The average Bonchev–Trinajstić information content (AvgIpc) is 3.40. The topological polar surface area (TPSA) is 117 Å². The van der Waals surface area contributed by atoms with E-state index in [-0.39, 0.29) is 45.3 Å². The smallest absolute Gasteiger partial charge is 0.257 e. The number of carbonyl (C=O) groups excluding carboxylic acids is 3. The molecule has 6 rings (SSSR count). The van der Waals surface area contributed by atoms with Crippen molar-refractivity contribution in [3.63, 3.8) is 0 Å². The third-order valence-electron chi connectivity index (χ3n) is 12.4. The highest BCUT2D eigenvalue weighted by molar-refractivity contribution is 7.95. The van der Waals surface area contributed by atoms with Crippen LogP contribution in [0.4, 0.5) is 0 Å². The maximum Gasteiger partial charge on any atom is 0.257 e. The molecule has 4 N–H and O–H groups in total. The Morgan fingerprint density at radius 1 is 1.02 bits per heavy atom. The van der Waals surface area contributed by atoms with Crippen molar-refractivity contribution in [1.29, 1.82) is 0 Å². The van der Waals surface area contributed by atoms with E-state index in [4.69, 9.17) is 10.5 Å². The van der Waals surface area contributed by atoms with E-state index in [1.54, 1.807) is 11.0 Å². The Morgan fingerprint density at radius 2 is 1.70 bits per heavy atom. The van der Waals surface area contributed by atoms with Crippen molar-refractivity contribution in [1.82, 2.24) is 19.2 Å². The number of rotatable bonds is 8. The Bertz CT molecular complexity index is 1080. The molecular formula is C30H47N5O4S. The highest BCUT2D eigenvalue weighted by Crippen LogP contribution is 2.88. The first-order chi connectivity index (χ1) is 19.0. The first-order valence-electron chi connectivity index (χ1n) is 15.3. The summed E-state index contributed by atoms with van der Waals surface area (Å²) >= 11 is 1.33. The standard InChI is InChI=1S/C30H47N5O4S/c1-5-20-17-30(20,25(38)33-40-34-13-6-7-14-34)32-23(36)21-18-29(26(2,3)28(29)9-8-10-28)19-35(21)24(37)22(31)27(4)11-15-39-16-12-27/h5,20-22H,1,6-19,31H2,2-4H3,(H,32,36)(H,33,38). The summed E-state index contributed by atoms with van der Waals surface area (Å²) in [6.07, 6.45) is 10.1. The lowest BCUT2D eigenvalue weighted by molar-refractivity contribution is -0.143. The Labute approximate surface area is 243 Å². The van der Waals surface area contributed by atoms with Gasteiger partial charge >= 0.3 is 0 Å². The number of amides is 3. The van der Waals surface area contributed by atoms with Crippen LogP contribution in [0.2, 0.25) is 0 Å². The fourth-order valence-corrected chi connectivity index (χ4v) is 9.84. The van der Waals surface area contributed by atoms with Crippen molar-refractivity contribution in [2.45, 2.75) is 96.2 Å². The van der Waals surface area contributed by atoms with Crippen molar-refractivity contribution in [3.05, 3.63) is 12.7 Å². The summed E-state index contributed by atoms with van der Waals surface area (Å²) in [5.41, 5.74) is 5.50. The fourth-order valence-electron chi connectivity index (χ4n) is 9.00. The molecule has 10 heteroatoms. The number of nitrogens with two attached hydrogens (primary N) is 1. The molecular weight excluding hydrogens is 526 g/mol. The molecule has 3 aliphatic heterocycles. The molecule has 6 fully saturated rings. The van der Waals surface area contributed by atoms with E-state index >= 15 is 0 Å². The van der Waals surface area contributed by atoms with Gasteiger partial charge in [-0.25, -0.2) is 4.31 Å². The number of ether oxygens (including phenoxy) is 1. The number of nitrogens with zero attached hydrogens (tertiary/aromatic N) is 2. The summed E-state index contributed by atoms with van der Waals surface area (Å²) in [5, 5.41) is 3.15. The molecule has 3 saturated carbocycles. The van der Waals surface area contributed by atoms with Gasteiger partial charge in [0.2, 0.25) is 11.8 Å². The largest absolute Gasteiger partial charge is 0.381 e. The minimum Gasteiger partial charge on any atom is -0.381 e. The number of hydrogen-bond acceptors (Lipinski definition) is 7. The van der Waals surface area contributed by atoms with Crippen LogP contribution in [0.3, 0.4) is 0 Å². The summed E-state index contributed by atoms with van der Waals surface area (Å²) in [5.74, 6) is -0.703. The molecule has 2 spiro atoms. The molecule has 3 aliphatic carbocycles. The summed E-state index contributed by atoms with van der Waals surface area (Å²) in [6, 6.07) is -1.33. The maximum atomic E-state index is 14.2. The van der Waals surface area contributed by atoms with E-state index in [0.29, 0.717) is 32.6 Å². The quantitative estimate of drug-likeness (QED) is 0.302. The van der Waals surface area contributed by atoms with Crippen LogP contribution in [0.5, 0.6) is 0 Å².